The molecule has 0 aliphatic heterocycles. The Hall–Kier alpha value is -0.0800. The molecule has 0 spiro atoms. The van der Waals surface area contributed by atoms with Gasteiger partial charge in [-0.2, -0.15) is 0 Å². The predicted octanol–water partition coefficient (Wildman–Crippen LogP) is 2.00. The van der Waals surface area contributed by atoms with E-state index >= 15 is 0 Å². The predicted molar refractivity (Wildman–Crippen MR) is 59.8 cm³/mol. The highest BCUT2D eigenvalue weighted by Crippen LogP contribution is 2.18. The normalized spacial score (nSPS) is 15.0. The molecule has 0 saturated heterocycles. The summed E-state index contributed by atoms with van der Waals surface area (Å²) < 4.78 is 0. The average Bonchev–Trinajstić information content (AvgIpc) is 1.95. The molecule has 80 valence electrons. The van der Waals surface area contributed by atoms with Crippen molar-refractivity contribution in [3.63, 3.8) is 0 Å². The first-order chi connectivity index (χ1) is 5.84. The summed E-state index contributed by atoms with van der Waals surface area (Å²) >= 11 is 0. The zero-order valence-electron chi connectivity index (χ0n) is 9.85. The maximum Gasteiger partial charge on any atom is 0.00997 e. The molecular weight excluding hydrogens is 160 g/mol. The SMILES string of the molecule is CC(C)CNCCC(N)C(C)(C)C. The van der Waals surface area contributed by atoms with E-state index in [-0.39, 0.29) is 5.41 Å². The van der Waals surface area contributed by atoms with Crippen LogP contribution in [0.3, 0.4) is 0 Å². The van der Waals surface area contributed by atoms with E-state index in [4.69, 9.17) is 5.73 Å². The van der Waals surface area contributed by atoms with Gasteiger partial charge in [0.1, 0.15) is 0 Å². The van der Waals surface area contributed by atoms with Crippen molar-refractivity contribution in [2.24, 2.45) is 17.1 Å². The van der Waals surface area contributed by atoms with Crippen LogP contribution in [0.1, 0.15) is 41.0 Å². The van der Waals surface area contributed by atoms with Gasteiger partial charge in [-0.05, 0) is 30.8 Å². The second-order valence-electron chi connectivity index (χ2n) is 5.36. The molecule has 0 aromatic heterocycles. The zero-order chi connectivity index (χ0) is 10.5. The fourth-order valence-electron chi connectivity index (χ4n) is 1.08. The fraction of sp³-hybridized carbons (Fsp3) is 1.00. The molecule has 0 fully saturated rings. The van der Waals surface area contributed by atoms with Gasteiger partial charge in [-0.1, -0.05) is 34.6 Å². The van der Waals surface area contributed by atoms with Gasteiger partial charge in [-0.15, -0.1) is 0 Å². The van der Waals surface area contributed by atoms with E-state index in [9.17, 15) is 0 Å². The summed E-state index contributed by atoms with van der Waals surface area (Å²) in [6, 6.07) is 0.298. The van der Waals surface area contributed by atoms with E-state index < -0.39 is 0 Å². The van der Waals surface area contributed by atoms with Gasteiger partial charge in [0.05, 0.1) is 0 Å². The number of rotatable bonds is 5. The zero-order valence-corrected chi connectivity index (χ0v) is 9.85. The van der Waals surface area contributed by atoms with Crippen molar-refractivity contribution in [2.75, 3.05) is 13.1 Å². The van der Waals surface area contributed by atoms with Crippen molar-refractivity contribution < 1.29 is 0 Å². The van der Waals surface area contributed by atoms with Gasteiger partial charge in [0, 0.05) is 6.04 Å². The van der Waals surface area contributed by atoms with Gasteiger partial charge in [-0.3, -0.25) is 0 Å². The topological polar surface area (TPSA) is 38.0 Å². The highest BCUT2D eigenvalue weighted by Gasteiger charge is 2.19. The Morgan fingerprint density at radius 3 is 2.15 bits per heavy atom. The van der Waals surface area contributed by atoms with Crippen LogP contribution in [0.15, 0.2) is 0 Å². The lowest BCUT2D eigenvalue weighted by Gasteiger charge is -2.27. The number of nitrogens with one attached hydrogen (secondary N) is 1. The molecule has 0 aliphatic rings. The van der Waals surface area contributed by atoms with Crippen LogP contribution in [0.25, 0.3) is 0 Å². The van der Waals surface area contributed by atoms with E-state index in [0.29, 0.717) is 6.04 Å². The summed E-state index contributed by atoms with van der Waals surface area (Å²) in [6.07, 6.45) is 1.07. The van der Waals surface area contributed by atoms with Crippen molar-refractivity contribution in [3.8, 4) is 0 Å². The van der Waals surface area contributed by atoms with Crippen LogP contribution in [0.4, 0.5) is 0 Å². The molecule has 0 heterocycles. The van der Waals surface area contributed by atoms with Crippen molar-refractivity contribution in [1.82, 2.24) is 5.32 Å². The summed E-state index contributed by atoms with van der Waals surface area (Å²) in [5.74, 6) is 0.728. The molecule has 0 radical (unpaired) electrons. The van der Waals surface area contributed by atoms with E-state index in [0.717, 1.165) is 25.4 Å². The van der Waals surface area contributed by atoms with Gasteiger partial charge >= 0.3 is 0 Å². The Kier molecular flexibility index (Phi) is 5.57. The third kappa shape index (κ3) is 7.03. The summed E-state index contributed by atoms with van der Waals surface area (Å²) in [5, 5.41) is 3.41. The number of hydrogen-bond acceptors (Lipinski definition) is 2. The van der Waals surface area contributed by atoms with Crippen LogP contribution in [0, 0.1) is 11.3 Å². The molecule has 2 nitrogen and oxygen atoms in total. The smallest absolute Gasteiger partial charge is 0.00997 e. The van der Waals surface area contributed by atoms with Gasteiger partial charge in [-0.25, -0.2) is 0 Å². The Balaban J connectivity index is 3.43. The number of hydrogen-bond donors (Lipinski definition) is 2. The van der Waals surface area contributed by atoms with Crippen LogP contribution >= 0.6 is 0 Å². The molecule has 3 N–H and O–H groups in total. The molecule has 0 bridgehead atoms. The van der Waals surface area contributed by atoms with Crippen LogP contribution < -0.4 is 11.1 Å². The Morgan fingerprint density at radius 2 is 1.77 bits per heavy atom. The second-order valence-corrected chi connectivity index (χ2v) is 5.36. The van der Waals surface area contributed by atoms with Crippen molar-refractivity contribution in [1.29, 1.82) is 0 Å². The number of nitrogens with two attached hydrogens (primary N) is 1. The quantitative estimate of drug-likeness (QED) is 0.644. The minimum Gasteiger partial charge on any atom is -0.327 e. The molecule has 2 heteroatoms. The molecule has 1 atom stereocenters. The summed E-state index contributed by atoms with van der Waals surface area (Å²) in [5.41, 5.74) is 6.26. The first kappa shape index (κ1) is 12.9. The Morgan fingerprint density at radius 1 is 1.23 bits per heavy atom. The molecular formula is C11H26N2. The summed E-state index contributed by atoms with van der Waals surface area (Å²) in [4.78, 5) is 0. The van der Waals surface area contributed by atoms with E-state index in [2.05, 4.69) is 39.9 Å². The third-order valence-electron chi connectivity index (χ3n) is 2.30. The first-order valence-corrected chi connectivity index (χ1v) is 5.30. The van der Waals surface area contributed by atoms with Crippen LogP contribution in [-0.2, 0) is 0 Å². The minimum absolute atomic E-state index is 0.236. The molecule has 1 unspecified atom stereocenters. The lowest BCUT2D eigenvalue weighted by atomic mass is 9.85. The van der Waals surface area contributed by atoms with Gasteiger partial charge < -0.3 is 11.1 Å². The molecule has 0 rings (SSSR count). The molecule has 0 amide bonds. The average molecular weight is 186 g/mol. The van der Waals surface area contributed by atoms with Gasteiger partial charge in [0.15, 0.2) is 0 Å². The molecule has 0 aromatic rings. The lowest BCUT2D eigenvalue weighted by Crippen LogP contribution is -2.38. The highest BCUT2D eigenvalue weighted by atomic mass is 14.9. The fourth-order valence-corrected chi connectivity index (χ4v) is 1.08. The first-order valence-electron chi connectivity index (χ1n) is 5.30. The van der Waals surface area contributed by atoms with E-state index in [1.807, 2.05) is 0 Å². The molecule has 0 saturated carbocycles. The summed E-state index contributed by atoms with van der Waals surface area (Å²) in [7, 11) is 0. The Bertz CT molecular complexity index is 125. The largest absolute Gasteiger partial charge is 0.327 e. The third-order valence-corrected chi connectivity index (χ3v) is 2.30. The lowest BCUT2D eigenvalue weighted by molar-refractivity contribution is 0.301. The molecule has 0 aromatic carbocycles. The van der Waals surface area contributed by atoms with Crippen molar-refractivity contribution in [3.05, 3.63) is 0 Å². The van der Waals surface area contributed by atoms with E-state index in [1.165, 1.54) is 0 Å². The maximum atomic E-state index is 6.03. The second kappa shape index (κ2) is 5.61. The maximum absolute atomic E-state index is 6.03. The molecule has 0 aliphatic carbocycles. The Labute approximate surface area is 83.3 Å². The van der Waals surface area contributed by atoms with Gasteiger partial charge in [0.2, 0.25) is 0 Å². The summed E-state index contributed by atoms with van der Waals surface area (Å²) in [6.45, 7) is 13.2. The standard InChI is InChI=1S/C11H26N2/c1-9(2)8-13-7-6-10(12)11(3,4)5/h9-10,13H,6-8,12H2,1-5H3. The van der Waals surface area contributed by atoms with Crippen molar-refractivity contribution >= 4 is 0 Å². The van der Waals surface area contributed by atoms with Gasteiger partial charge in [0.25, 0.3) is 0 Å². The van der Waals surface area contributed by atoms with E-state index in [1.54, 1.807) is 0 Å². The highest BCUT2D eigenvalue weighted by molar-refractivity contribution is 4.77. The molecule has 13 heavy (non-hydrogen) atoms. The van der Waals surface area contributed by atoms with Crippen LogP contribution in [0.2, 0.25) is 0 Å². The van der Waals surface area contributed by atoms with Crippen molar-refractivity contribution in [2.45, 2.75) is 47.1 Å². The van der Waals surface area contributed by atoms with Crippen LogP contribution in [0.5, 0.6) is 0 Å². The van der Waals surface area contributed by atoms with Crippen LogP contribution in [-0.4, -0.2) is 19.1 Å². The monoisotopic (exact) mass is 186 g/mol. The minimum atomic E-state index is 0.236.